The summed E-state index contributed by atoms with van der Waals surface area (Å²) < 4.78 is 0. The maximum absolute atomic E-state index is 11.4. The maximum atomic E-state index is 11.4. The Morgan fingerprint density at radius 1 is 1.58 bits per heavy atom. The average Bonchev–Trinajstić information content (AvgIpc) is 1.94. The molecule has 0 amide bonds. The smallest absolute Gasteiger partial charge is 0.270 e. The van der Waals surface area contributed by atoms with Crippen LogP contribution in [0.25, 0.3) is 0 Å². The van der Waals surface area contributed by atoms with Crippen molar-refractivity contribution in [2.24, 2.45) is 5.41 Å². The van der Waals surface area contributed by atoms with Crippen LogP contribution in [-0.4, -0.2) is 16.7 Å². The van der Waals surface area contributed by atoms with Gasteiger partial charge in [-0.05, 0) is 12.8 Å². The van der Waals surface area contributed by atoms with Crippen molar-refractivity contribution in [3.05, 3.63) is 10.1 Å². The molecule has 0 spiro atoms. The topological polar surface area (TPSA) is 60.2 Å². The van der Waals surface area contributed by atoms with Gasteiger partial charge in [0.1, 0.15) is 0 Å². The van der Waals surface area contributed by atoms with Gasteiger partial charge in [0, 0.05) is 16.8 Å². The minimum atomic E-state index is -0.950. The molecule has 0 bridgehead atoms. The number of nitro groups is 1. The molecule has 0 aromatic rings. The highest BCUT2D eigenvalue weighted by Gasteiger charge is 2.43. The van der Waals surface area contributed by atoms with Gasteiger partial charge in [0.15, 0.2) is 0 Å². The lowest BCUT2D eigenvalue weighted by atomic mass is 9.74. The molecule has 0 saturated heterocycles. The first-order chi connectivity index (χ1) is 5.45. The minimum absolute atomic E-state index is 0.209. The van der Waals surface area contributed by atoms with E-state index >= 15 is 0 Å². The molecule has 1 atom stereocenters. The second kappa shape index (κ2) is 2.84. The van der Waals surface area contributed by atoms with E-state index in [0.717, 1.165) is 12.8 Å². The monoisotopic (exact) mass is 171 g/mol. The van der Waals surface area contributed by atoms with Crippen LogP contribution < -0.4 is 0 Å². The fourth-order valence-corrected chi connectivity index (χ4v) is 1.64. The van der Waals surface area contributed by atoms with Gasteiger partial charge in [0.25, 0.3) is 6.04 Å². The average molecular weight is 171 g/mol. The number of ketones is 1. The fourth-order valence-electron chi connectivity index (χ4n) is 1.64. The molecule has 0 radical (unpaired) electrons. The standard InChI is InChI=1S/C8H13NO3/c1-8(2)5-3-4-6(7(8)10)9(11)12/h6H,3-5H2,1-2H3. The number of rotatable bonds is 1. The van der Waals surface area contributed by atoms with Crippen molar-refractivity contribution in [3.63, 3.8) is 0 Å². The third-order valence-electron chi connectivity index (χ3n) is 2.50. The molecular weight excluding hydrogens is 158 g/mol. The van der Waals surface area contributed by atoms with Gasteiger partial charge in [0.05, 0.1) is 0 Å². The highest BCUT2D eigenvalue weighted by Crippen LogP contribution is 2.32. The highest BCUT2D eigenvalue weighted by molar-refractivity contribution is 5.88. The van der Waals surface area contributed by atoms with Crippen molar-refractivity contribution in [1.82, 2.24) is 0 Å². The lowest BCUT2D eigenvalue weighted by Gasteiger charge is -2.28. The molecule has 1 unspecified atom stereocenters. The zero-order valence-corrected chi connectivity index (χ0v) is 7.37. The van der Waals surface area contributed by atoms with Crippen LogP contribution in [0.15, 0.2) is 0 Å². The molecule has 0 aliphatic heterocycles. The van der Waals surface area contributed by atoms with Crippen molar-refractivity contribution >= 4 is 5.78 Å². The van der Waals surface area contributed by atoms with E-state index in [9.17, 15) is 14.9 Å². The maximum Gasteiger partial charge on any atom is 0.270 e. The first kappa shape index (κ1) is 9.16. The van der Waals surface area contributed by atoms with Crippen molar-refractivity contribution in [2.75, 3.05) is 0 Å². The fraction of sp³-hybridized carbons (Fsp3) is 0.875. The molecule has 0 aromatic heterocycles. The third-order valence-corrected chi connectivity index (χ3v) is 2.50. The van der Waals surface area contributed by atoms with E-state index in [1.807, 2.05) is 0 Å². The van der Waals surface area contributed by atoms with Crippen LogP contribution in [0.3, 0.4) is 0 Å². The lowest BCUT2D eigenvalue weighted by molar-refractivity contribution is -0.510. The van der Waals surface area contributed by atoms with E-state index < -0.39 is 16.4 Å². The number of nitrogens with zero attached hydrogens (tertiary/aromatic N) is 1. The van der Waals surface area contributed by atoms with Crippen LogP contribution >= 0.6 is 0 Å². The van der Waals surface area contributed by atoms with Gasteiger partial charge >= 0.3 is 0 Å². The van der Waals surface area contributed by atoms with E-state index in [1.54, 1.807) is 13.8 Å². The number of hydrogen-bond donors (Lipinski definition) is 0. The van der Waals surface area contributed by atoms with Crippen molar-refractivity contribution < 1.29 is 9.72 Å². The van der Waals surface area contributed by atoms with Crippen LogP contribution in [0.1, 0.15) is 33.1 Å². The van der Waals surface area contributed by atoms with E-state index in [-0.39, 0.29) is 5.78 Å². The summed E-state index contributed by atoms with van der Waals surface area (Å²) in [6, 6.07) is -0.950. The molecule has 4 heteroatoms. The molecule has 68 valence electrons. The summed E-state index contributed by atoms with van der Waals surface area (Å²) >= 11 is 0. The van der Waals surface area contributed by atoms with Gasteiger partial charge in [-0.2, -0.15) is 0 Å². The van der Waals surface area contributed by atoms with Gasteiger partial charge in [-0.3, -0.25) is 14.9 Å². The second-order valence-electron chi connectivity index (χ2n) is 3.94. The normalized spacial score (nSPS) is 28.5. The SMILES string of the molecule is CC1(C)CCCC([N+](=O)[O-])C1=O. The van der Waals surface area contributed by atoms with Gasteiger partial charge in [-0.25, -0.2) is 0 Å². The first-order valence-electron chi connectivity index (χ1n) is 4.13. The van der Waals surface area contributed by atoms with Gasteiger partial charge in [-0.1, -0.05) is 13.8 Å². The van der Waals surface area contributed by atoms with Crippen LogP contribution in [0.4, 0.5) is 0 Å². The Morgan fingerprint density at radius 2 is 2.17 bits per heavy atom. The van der Waals surface area contributed by atoms with Crippen LogP contribution in [0, 0.1) is 15.5 Å². The molecular formula is C8H13NO3. The molecule has 1 fully saturated rings. The first-order valence-corrected chi connectivity index (χ1v) is 4.13. The Kier molecular flexibility index (Phi) is 2.17. The Labute approximate surface area is 71.1 Å². The van der Waals surface area contributed by atoms with E-state index in [2.05, 4.69) is 0 Å². The number of Topliss-reactive ketones (excluding diaryl/α,β-unsaturated/α-hetero) is 1. The predicted octanol–water partition coefficient (Wildman–Crippen LogP) is 1.41. The lowest BCUT2D eigenvalue weighted by Crippen LogP contribution is -2.43. The van der Waals surface area contributed by atoms with Crippen LogP contribution in [0.2, 0.25) is 0 Å². The quantitative estimate of drug-likeness (QED) is 0.442. The predicted molar refractivity (Wildman–Crippen MR) is 43.4 cm³/mol. The van der Waals surface area contributed by atoms with Gasteiger partial charge in [0.2, 0.25) is 5.78 Å². The Morgan fingerprint density at radius 3 is 2.58 bits per heavy atom. The zero-order valence-electron chi connectivity index (χ0n) is 7.37. The van der Waals surface area contributed by atoms with Gasteiger partial charge in [-0.15, -0.1) is 0 Å². The number of carbonyl (C=O) groups is 1. The summed E-state index contributed by atoms with van der Waals surface area (Å²) in [5, 5.41) is 10.4. The molecule has 1 rings (SSSR count). The van der Waals surface area contributed by atoms with Crippen LogP contribution in [0.5, 0.6) is 0 Å². The molecule has 0 N–H and O–H groups in total. The Bertz CT molecular complexity index is 222. The summed E-state index contributed by atoms with van der Waals surface area (Å²) in [6.45, 7) is 3.57. The van der Waals surface area contributed by atoms with Crippen molar-refractivity contribution in [1.29, 1.82) is 0 Å². The number of carbonyl (C=O) groups excluding carboxylic acids is 1. The molecule has 4 nitrogen and oxygen atoms in total. The molecule has 0 aromatic carbocycles. The van der Waals surface area contributed by atoms with Crippen molar-refractivity contribution in [2.45, 2.75) is 39.2 Å². The van der Waals surface area contributed by atoms with Crippen LogP contribution in [-0.2, 0) is 4.79 Å². The third kappa shape index (κ3) is 1.47. The van der Waals surface area contributed by atoms with E-state index in [1.165, 1.54) is 0 Å². The molecule has 12 heavy (non-hydrogen) atoms. The largest absolute Gasteiger partial charge is 0.291 e. The Hall–Kier alpha value is -0.930. The van der Waals surface area contributed by atoms with Crippen molar-refractivity contribution in [3.8, 4) is 0 Å². The molecule has 0 heterocycles. The molecule has 1 saturated carbocycles. The zero-order chi connectivity index (χ0) is 9.35. The summed E-state index contributed by atoms with van der Waals surface area (Å²) in [4.78, 5) is 21.4. The highest BCUT2D eigenvalue weighted by atomic mass is 16.6. The van der Waals surface area contributed by atoms with E-state index in [0.29, 0.717) is 6.42 Å². The summed E-state index contributed by atoms with van der Waals surface area (Å²) in [7, 11) is 0. The Balaban J connectivity index is 2.80. The van der Waals surface area contributed by atoms with E-state index in [4.69, 9.17) is 0 Å². The number of hydrogen-bond acceptors (Lipinski definition) is 3. The van der Waals surface area contributed by atoms with Gasteiger partial charge < -0.3 is 0 Å². The summed E-state index contributed by atoms with van der Waals surface area (Å²) in [5.41, 5.74) is -0.490. The molecule has 1 aliphatic carbocycles. The summed E-state index contributed by atoms with van der Waals surface area (Å²) in [5.74, 6) is -0.209. The minimum Gasteiger partial charge on any atom is -0.291 e. The molecule has 1 aliphatic rings. The second-order valence-corrected chi connectivity index (χ2v) is 3.94. The summed E-state index contributed by atoms with van der Waals surface area (Å²) in [6.07, 6.45) is 1.97.